The normalized spacial score (nSPS) is 43.4. The van der Waals surface area contributed by atoms with Crippen molar-refractivity contribution >= 4 is 21.8 Å². The van der Waals surface area contributed by atoms with E-state index in [2.05, 4.69) is 21.4 Å². The number of amides is 1. The van der Waals surface area contributed by atoms with Gasteiger partial charge in [-0.3, -0.25) is 9.63 Å². The van der Waals surface area contributed by atoms with Crippen molar-refractivity contribution in [1.82, 2.24) is 5.48 Å². The van der Waals surface area contributed by atoms with E-state index < -0.39 is 0 Å². The van der Waals surface area contributed by atoms with E-state index in [-0.39, 0.29) is 17.9 Å². The van der Waals surface area contributed by atoms with Gasteiger partial charge in [0.05, 0.1) is 12.0 Å². The van der Waals surface area contributed by atoms with Crippen LogP contribution < -0.4 is 5.48 Å². The van der Waals surface area contributed by atoms with Crippen molar-refractivity contribution in [2.45, 2.75) is 30.2 Å². The fourth-order valence-corrected chi connectivity index (χ4v) is 2.35. The van der Waals surface area contributed by atoms with Crippen LogP contribution in [0.3, 0.4) is 0 Å². The molecule has 4 heteroatoms. The molecule has 1 saturated carbocycles. The molecule has 2 rings (SSSR count). The van der Waals surface area contributed by atoms with E-state index >= 15 is 0 Å². The molecule has 0 aromatic carbocycles. The standard InChI is InChI=1S/C7H10BrNO2/c8-4-1-2-5-6(3-4)11-9-7(5)10/h4-6H,1-3H2,(H,9,10). The first-order valence-electron chi connectivity index (χ1n) is 3.87. The second kappa shape index (κ2) is 2.75. The molecule has 0 radical (unpaired) electrons. The molecule has 1 amide bonds. The minimum Gasteiger partial charge on any atom is -0.272 e. The Balaban J connectivity index is 2.06. The van der Waals surface area contributed by atoms with Crippen LogP contribution >= 0.6 is 15.9 Å². The van der Waals surface area contributed by atoms with Crippen molar-refractivity contribution in [1.29, 1.82) is 0 Å². The highest BCUT2D eigenvalue weighted by Gasteiger charge is 2.40. The van der Waals surface area contributed by atoms with Crippen molar-refractivity contribution < 1.29 is 9.63 Å². The Kier molecular flexibility index (Phi) is 1.89. The number of hydrogen-bond acceptors (Lipinski definition) is 2. The summed E-state index contributed by atoms with van der Waals surface area (Å²) in [5.74, 6) is 0.179. The molecule has 62 valence electrons. The van der Waals surface area contributed by atoms with Crippen LogP contribution in [-0.2, 0) is 9.63 Å². The Labute approximate surface area is 73.6 Å². The Morgan fingerprint density at radius 2 is 2.36 bits per heavy atom. The van der Waals surface area contributed by atoms with E-state index in [9.17, 15) is 4.79 Å². The fourth-order valence-electron chi connectivity index (χ4n) is 1.72. The van der Waals surface area contributed by atoms with Crippen molar-refractivity contribution in [2.75, 3.05) is 0 Å². The third-order valence-electron chi connectivity index (χ3n) is 2.38. The number of halogens is 1. The molecule has 1 heterocycles. The number of nitrogens with one attached hydrogen (secondary N) is 1. The quantitative estimate of drug-likeness (QED) is 0.618. The van der Waals surface area contributed by atoms with Crippen LogP contribution in [0.4, 0.5) is 0 Å². The van der Waals surface area contributed by atoms with Crippen LogP contribution in [0.5, 0.6) is 0 Å². The predicted molar refractivity (Wildman–Crippen MR) is 43.1 cm³/mol. The van der Waals surface area contributed by atoms with Crippen LogP contribution in [0.2, 0.25) is 0 Å². The van der Waals surface area contributed by atoms with E-state index in [1.807, 2.05) is 0 Å². The Morgan fingerprint density at radius 1 is 1.55 bits per heavy atom. The highest BCUT2D eigenvalue weighted by molar-refractivity contribution is 9.09. The highest BCUT2D eigenvalue weighted by atomic mass is 79.9. The van der Waals surface area contributed by atoms with E-state index in [4.69, 9.17) is 4.84 Å². The summed E-state index contributed by atoms with van der Waals surface area (Å²) < 4.78 is 0. The van der Waals surface area contributed by atoms with Crippen LogP contribution in [0.15, 0.2) is 0 Å². The second-order valence-electron chi connectivity index (χ2n) is 3.14. The molecule has 1 aliphatic carbocycles. The van der Waals surface area contributed by atoms with Gasteiger partial charge in [-0.15, -0.1) is 0 Å². The summed E-state index contributed by atoms with van der Waals surface area (Å²) in [5, 5.41) is 0. The molecule has 1 aliphatic heterocycles. The van der Waals surface area contributed by atoms with Gasteiger partial charge in [0.15, 0.2) is 0 Å². The van der Waals surface area contributed by atoms with Gasteiger partial charge in [-0.05, 0) is 19.3 Å². The van der Waals surface area contributed by atoms with Gasteiger partial charge in [0.2, 0.25) is 5.91 Å². The Morgan fingerprint density at radius 3 is 3.18 bits per heavy atom. The number of carbonyl (C=O) groups excluding carboxylic acids is 1. The van der Waals surface area contributed by atoms with E-state index in [1.54, 1.807) is 0 Å². The molecule has 3 nitrogen and oxygen atoms in total. The van der Waals surface area contributed by atoms with Crippen LogP contribution in [-0.4, -0.2) is 16.8 Å². The summed E-state index contributed by atoms with van der Waals surface area (Å²) in [7, 11) is 0. The van der Waals surface area contributed by atoms with Gasteiger partial charge < -0.3 is 0 Å². The topological polar surface area (TPSA) is 38.3 Å². The molecule has 0 aromatic heterocycles. The third kappa shape index (κ3) is 1.29. The van der Waals surface area contributed by atoms with Gasteiger partial charge in [-0.1, -0.05) is 15.9 Å². The van der Waals surface area contributed by atoms with Crippen molar-refractivity contribution in [3.63, 3.8) is 0 Å². The lowest BCUT2D eigenvalue weighted by atomic mass is 9.87. The summed E-state index contributed by atoms with van der Waals surface area (Å²) in [6, 6.07) is 0. The lowest BCUT2D eigenvalue weighted by Crippen LogP contribution is -2.29. The summed E-state index contributed by atoms with van der Waals surface area (Å²) in [6.07, 6.45) is 3.09. The first kappa shape index (κ1) is 7.55. The van der Waals surface area contributed by atoms with Crippen molar-refractivity contribution in [3.8, 4) is 0 Å². The second-order valence-corrected chi connectivity index (χ2v) is 4.43. The number of hydrogen-bond donors (Lipinski definition) is 1. The van der Waals surface area contributed by atoms with Gasteiger partial charge in [0.25, 0.3) is 0 Å². The zero-order valence-electron chi connectivity index (χ0n) is 6.05. The van der Waals surface area contributed by atoms with Gasteiger partial charge in [0.1, 0.15) is 0 Å². The van der Waals surface area contributed by atoms with E-state index in [0.29, 0.717) is 4.83 Å². The molecule has 0 aromatic rings. The molecule has 11 heavy (non-hydrogen) atoms. The number of rotatable bonds is 0. The molecule has 2 fully saturated rings. The maximum absolute atomic E-state index is 11.1. The smallest absolute Gasteiger partial charge is 0.249 e. The van der Waals surface area contributed by atoms with Crippen LogP contribution in [0, 0.1) is 5.92 Å². The molecular weight excluding hydrogens is 210 g/mol. The minimum absolute atomic E-state index is 0.0643. The highest BCUT2D eigenvalue weighted by Crippen LogP contribution is 2.33. The van der Waals surface area contributed by atoms with Gasteiger partial charge >= 0.3 is 0 Å². The largest absolute Gasteiger partial charge is 0.272 e. The molecule has 2 aliphatic rings. The van der Waals surface area contributed by atoms with E-state index in [1.165, 1.54) is 0 Å². The first-order valence-corrected chi connectivity index (χ1v) is 4.78. The molecule has 3 atom stereocenters. The van der Waals surface area contributed by atoms with Crippen molar-refractivity contribution in [3.05, 3.63) is 0 Å². The van der Waals surface area contributed by atoms with Gasteiger partial charge in [-0.25, -0.2) is 5.48 Å². The maximum atomic E-state index is 11.1. The average Bonchev–Trinajstić information content (AvgIpc) is 2.32. The maximum Gasteiger partial charge on any atom is 0.249 e. The van der Waals surface area contributed by atoms with Gasteiger partial charge in [0, 0.05) is 4.83 Å². The van der Waals surface area contributed by atoms with Gasteiger partial charge in [-0.2, -0.15) is 0 Å². The monoisotopic (exact) mass is 219 g/mol. The number of alkyl halides is 1. The Bertz CT molecular complexity index is 185. The molecule has 0 spiro atoms. The zero-order valence-corrected chi connectivity index (χ0v) is 7.63. The summed E-state index contributed by atoms with van der Waals surface area (Å²) in [6.45, 7) is 0. The van der Waals surface area contributed by atoms with Crippen LogP contribution in [0.25, 0.3) is 0 Å². The van der Waals surface area contributed by atoms with E-state index in [0.717, 1.165) is 19.3 Å². The molecule has 3 unspecified atom stereocenters. The van der Waals surface area contributed by atoms with Crippen molar-refractivity contribution in [2.24, 2.45) is 5.92 Å². The molecule has 1 saturated heterocycles. The Hall–Kier alpha value is -0.0900. The first-order chi connectivity index (χ1) is 5.27. The third-order valence-corrected chi connectivity index (χ3v) is 3.21. The summed E-state index contributed by atoms with van der Waals surface area (Å²) >= 11 is 3.53. The number of carbonyl (C=O) groups is 1. The molecule has 0 bridgehead atoms. The summed E-state index contributed by atoms with van der Waals surface area (Å²) in [5.41, 5.74) is 2.42. The lowest BCUT2D eigenvalue weighted by Gasteiger charge is -2.24. The number of hydroxylamine groups is 1. The number of fused-ring (bicyclic) bond motifs is 1. The predicted octanol–water partition coefficient (Wildman–Crippen LogP) is 0.980. The summed E-state index contributed by atoms with van der Waals surface area (Å²) in [4.78, 5) is 16.7. The average molecular weight is 220 g/mol. The fraction of sp³-hybridized carbons (Fsp3) is 0.857. The lowest BCUT2D eigenvalue weighted by molar-refractivity contribution is -0.126. The minimum atomic E-state index is 0.0643. The molecular formula is C7H10BrNO2. The zero-order chi connectivity index (χ0) is 7.84. The van der Waals surface area contributed by atoms with Crippen LogP contribution in [0.1, 0.15) is 19.3 Å². The SMILES string of the molecule is O=C1NOC2CC(Br)CCC12. The molecule has 1 N–H and O–H groups in total.